The van der Waals surface area contributed by atoms with Gasteiger partial charge in [0.05, 0.1) is 0 Å². The third kappa shape index (κ3) is 2.04. The van der Waals surface area contributed by atoms with Gasteiger partial charge in [0.15, 0.2) is 0 Å². The largest absolute Gasteiger partial charge is 0.340 e. The summed E-state index contributed by atoms with van der Waals surface area (Å²) >= 11 is 0. The zero-order chi connectivity index (χ0) is 13.7. The van der Waals surface area contributed by atoms with E-state index in [2.05, 4.69) is 0 Å². The summed E-state index contributed by atoms with van der Waals surface area (Å²) < 4.78 is 0. The summed E-state index contributed by atoms with van der Waals surface area (Å²) in [5.41, 5.74) is 0.447. The highest BCUT2D eigenvalue weighted by molar-refractivity contribution is 5.90. The Morgan fingerprint density at radius 1 is 1.05 bits per heavy atom. The van der Waals surface area contributed by atoms with Crippen LogP contribution in [0.25, 0.3) is 0 Å². The lowest BCUT2D eigenvalue weighted by Crippen LogP contribution is -2.50. The number of amides is 2. The molecule has 4 aliphatic rings. The van der Waals surface area contributed by atoms with E-state index in [0.29, 0.717) is 18.4 Å². The third-order valence-corrected chi connectivity index (χ3v) is 5.86. The molecule has 2 heterocycles. The molecule has 2 saturated carbocycles. The van der Waals surface area contributed by atoms with E-state index in [0.717, 1.165) is 38.3 Å². The Bertz CT molecular complexity index is 440. The van der Waals surface area contributed by atoms with Crippen molar-refractivity contribution in [2.45, 2.75) is 57.4 Å². The van der Waals surface area contributed by atoms with Crippen LogP contribution in [0.2, 0.25) is 0 Å². The van der Waals surface area contributed by atoms with Crippen molar-refractivity contribution in [1.82, 2.24) is 9.80 Å². The van der Waals surface area contributed by atoms with Gasteiger partial charge in [-0.1, -0.05) is 0 Å². The maximum atomic E-state index is 12.8. The van der Waals surface area contributed by atoms with Crippen LogP contribution >= 0.6 is 0 Å². The molecule has 0 bridgehead atoms. The summed E-state index contributed by atoms with van der Waals surface area (Å²) in [6.07, 6.45) is 8.85. The average Bonchev–Trinajstić information content (AvgIpc) is 3.33. The Kier molecular flexibility index (Phi) is 2.83. The highest BCUT2D eigenvalue weighted by Crippen LogP contribution is 2.61. The molecular formula is C16H24N2O2. The number of hydrogen-bond acceptors (Lipinski definition) is 2. The maximum Gasteiger partial charge on any atom is 0.245 e. The van der Waals surface area contributed by atoms with Crippen LogP contribution in [-0.4, -0.2) is 47.3 Å². The normalized spacial score (nSPS) is 32.9. The monoisotopic (exact) mass is 276 g/mol. The van der Waals surface area contributed by atoms with Gasteiger partial charge in [-0.25, -0.2) is 0 Å². The van der Waals surface area contributed by atoms with Crippen LogP contribution in [0.5, 0.6) is 0 Å². The van der Waals surface area contributed by atoms with Crippen molar-refractivity contribution >= 4 is 11.8 Å². The number of hydrogen-bond donors (Lipinski definition) is 0. The molecule has 2 aliphatic carbocycles. The fourth-order valence-electron chi connectivity index (χ4n) is 4.27. The van der Waals surface area contributed by atoms with Crippen molar-refractivity contribution in [2.75, 3.05) is 19.6 Å². The van der Waals surface area contributed by atoms with E-state index in [1.54, 1.807) is 0 Å². The zero-order valence-electron chi connectivity index (χ0n) is 12.1. The molecule has 20 heavy (non-hydrogen) atoms. The van der Waals surface area contributed by atoms with Crippen LogP contribution in [0.1, 0.15) is 51.4 Å². The molecule has 1 unspecified atom stereocenters. The SMILES string of the molecule is O=C1C2CCCCN2C(=O)CCN1CC1(C2CC2)CC1. The van der Waals surface area contributed by atoms with E-state index in [9.17, 15) is 9.59 Å². The molecule has 0 spiro atoms. The minimum atomic E-state index is -0.145. The van der Waals surface area contributed by atoms with Crippen LogP contribution in [0.3, 0.4) is 0 Å². The van der Waals surface area contributed by atoms with Crippen molar-refractivity contribution < 1.29 is 9.59 Å². The van der Waals surface area contributed by atoms with Crippen LogP contribution < -0.4 is 0 Å². The predicted octanol–water partition coefficient (Wildman–Crippen LogP) is 1.79. The van der Waals surface area contributed by atoms with E-state index in [4.69, 9.17) is 0 Å². The van der Waals surface area contributed by atoms with Gasteiger partial charge >= 0.3 is 0 Å². The molecule has 4 nitrogen and oxygen atoms in total. The Balaban J connectivity index is 1.51. The van der Waals surface area contributed by atoms with Crippen molar-refractivity contribution in [3.63, 3.8) is 0 Å². The van der Waals surface area contributed by atoms with Gasteiger partial charge in [0.1, 0.15) is 6.04 Å². The summed E-state index contributed by atoms with van der Waals surface area (Å²) in [6.45, 7) is 2.37. The average molecular weight is 276 g/mol. The third-order valence-electron chi connectivity index (χ3n) is 5.86. The first-order valence-corrected chi connectivity index (χ1v) is 8.28. The summed E-state index contributed by atoms with van der Waals surface area (Å²) in [7, 11) is 0. The van der Waals surface area contributed by atoms with Gasteiger partial charge in [0.2, 0.25) is 11.8 Å². The molecule has 0 aromatic rings. The second-order valence-corrected chi connectivity index (χ2v) is 7.25. The molecule has 2 aliphatic heterocycles. The van der Waals surface area contributed by atoms with E-state index in [1.165, 1.54) is 25.7 Å². The molecular weight excluding hydrogens is 252 g/mol. The van der Waals surface area contributed by atoms with Crippen molar-refractivity contribution in [3.8, 4) is 0 Å². The number of carbonyl (C=O) groups excluding carboxylic acids is 2. The van der Waals surface area contributed by atoms with Gasteiger partial charge < -0.3 is 9.80 Å². The van der Waals surface area contributed by atoms with Crippen LogP contribution in [-0.2, 0) is 9.59 Å². The molecule has 1 atom stereocenters. The molecule has 0 aromatic heterocycles. The standard InChI is InChI=1S/C16H24N2O2/c19-14-6-10-17(11-16(7-8-16)12-4-5-12)15(20)13-3-1-2-9-18(13)14/h12-13H,1-11H2. The Hall–Kier alpha value is -1.06. The van der Waals surface area contributed by atoms with E-state index in [1.807, 2.05) is 9.80 Å². The number of rotatable bonds is 3. The van der Waals surface area contributed by atoms with E-state index < -0.39 is 0 Å². The summed E-state index contributed by atoms with van der Waals surface area (Å²) in [4.78, 5) is 28.9. The smallest absolute Gasteiger partial charge is 0.245 e. The zero-order valence-corrected chi connectivity index (χ0v) is 12.1. The number of nitrogens with zero attached hydrogens (tertiary/aromatic N) is 2. The molecule has 0 radical (unpaired) electrons. The van der Waals surface area contributed by atoms with Gasteiger partial charge in [-0.2, -0.15) is 0 Å². The summed E-state index contributed by atoms with van der Waals surface area (Å²) in [6, 6.07) is -0.145. The van der Waals surface area contributed by atoms with Crippen LogP contribution in [0.4, 0.5) is 0 Å². The number of fused-ring (bicyclic) bond motifs is 1. The fourth-order valence-corrected chi connectivity index (χ4v) is 4.27. The molecule has 0 aromatic carbocycles. The van der Waals surface area contributed by atoms with Gasteiger partial charge in [-0.05, 0) is 56.3 Å². The molecule has 110 valence electrons. The predicted molar refractivity (Wildman–Crippen MR) is 74.9 cm³/mol. The van der Waals surface area contributed by atoms with Gasteiger partial charge in [-0.3, -0.25) is 9.59 Å². The Morgan fingerprint density at radius 3 is 2.55 bits per heavy atom. The number of carbonyl (C=O) groups is 2. The second-order valence-electron chi connectivity index (χ2n) is 7.25. The van der Waals surface area contributed by atoms with Crippen LogP contribution in [0, 0.1) is 11.3 Å². The van der Waals surface area contributed by atoms with Gasteiger partial charge in [-0.15, -0.1) is 0 Å². The molecule has 2 saturated heterocycles. The van der Waals surface area contributed by atoms with Gasteiger partial charge in [0, 0.05) is 26.1 Å². The lowest BCUT2D eigenvalue weighted by molar-refractivity contribution is -0.143. The molecule has 0 N–H and O–H groups in total. The van der Waals surface area contributed by atoms with Crippen molar-refractivity contribution in [3.05, 3.63) is 0 Å². The first-order valence-electron chi connectivity index (χ1n) is 8.28. The summed E-state index contributed by atoms with van der Waals surface area (Å²) in [5.74, 6) is 1.31. The second kappa shape index (κ2) is 4.47. The summed E-state index contributed by atoms with van der Waals surface area (Å²) in [5, 5.41) is 0. The first-order chi connectivity index (χ1) is 9.70. The first kappa shape index (κ1) is 12.7. The van der Waals surface area contributed by atoms with Gasteiger partial charge in [0.25, 0.3) is 0 Å². The molecule has 4 fully saturated rings. The Morgan fingerprint density at radius 2 is 1.85 bits per heavy atom. The lowest BCUT2D eigenvalue weighted by Gasteiger charge is -2.35. The highest BCUT2D eigenvalue weighted by atomic mass is 16.2. The molecule has 4 rings (SSSR count). The maximum absolute atomic E-state index is 12.8. The lowest BCUT2D eigenvalue weighted by atomic mass is 9.98. The minimum Gasteiger partial charge on any atom is -0.340 e. The van der Waals surface area contributed by atoms with E-state index in [-0.39, 0.29) is 17.9 Å². The van der Waals surface area contributed by atoms with E-state index >= 15 is 0 Å². The number of piperidine rings is 1. The van der Waals surface area contributed by atoms with Crippen molar-refractivity contribution in [1.29, 1.82) is 0 Å². The topological polar surface area (TPSA) is 40.6 Å². The van der Waals surface area contributed by atoms with Crippen LogP contribution in [0.15, 0.2) is 0 Å². The Labute approximate surface area is 120 Å². The molecule has 2 amide bonds. The fraction of sp³-hybridized carbons (Fsp3) is 0.875. The highest BCUT2D eigenvalue weighted by Gasteiger charge is 2.55. The minimum absolute atomic E-state index is 0.145. The molecule has 4 heteroatoms. The quantitative estimate of drug-likeness (QED) is 0.788. The van der Waals surface area contributed by atoms with Crippen molar-refractivity contribution in [2.24, 2.45) is 11.3 Å².